The van der Waals surface area contributed by atoms with Crippen LogP contribution in [0.2, 0.25) is 0 Å². The van der Waals surface area contributed by atoms with Gasteiger partial charge in [0.1, 0.15) is 5.75 Å². The van der Waals surface area contributed by atoms with Crippen LogP contribution in [0.4, 0.5) is 0 Å². The number of nitrogens with zero attached hydrogens (tertiary/aromatic N) is 2. The fourth-order valence-electron chi connectivity index (χ4n) is 2.43. The molecule has 1 heterocycles. The minimum atomic E-state index is -3.23. The van der Waals surface area contributed by atoms with Crippen LogP contribution in [0.1, 0.15) is 43.3 Å². The molecule has 2 rings (SSSR count). The van der Waals surface area contributed by atoms with Gasteiger partial charge in [-0.05, 0) is 12.8 Å². The van der Waals surface area contributed by atoms with Crippen molar-refractivity contribution < 1.29 is 22.8 Å². The van der Waals surface area contributed by atoms with Gasteiger partial charge in [0.2, 0.25) is 5.89 Å². The summed E-state index contributed by atoms with van der Waals surface area (Å²) in [6.45, 7) is 0. The average molecular weight is 288 g/mol. The lowest BCUT2D eigenvalue weighted by atomic mass is 9.79. The van der Waals surface area contributed by atoms with Crippen molar-refractivity contribution in [3.63, 3.8) is 0 Å². The third kappa shape index (κ3) is 3.52. The van der Waals surface area contributed by atoms with Crippen molar-refractivity contribution in [2.45, 2.75) is 37.4 Å². The maximum Gasteiger partial charge on any atom is 0.307 e. The van der Waals surface area contributed by atoms with Crippen molar-refractivity contribution in [1.29, 1.82) is 0 Å². The zero-order valence-electron chi connectivity index (χ0n) is 10.6. The summed E-state index contributed by atoms with van der Waals surface area (Å²) in [5.41, 5.74) is 0. The van der Waals surface area contributed by atoms with Crippen LogP contribution in [-0.4, -0.2) is 35.9 Å². The predicted molar refractivity (Wildman–Crippen MR) is 65.2 cm³/mol. The van der Waals surface area contributed by atoms with Crippen LogP contribution in [0.5, 0.6) is 0 Å². The molecule has 1 aromatic heterocycles. The molecular formula is C11H16N2O5S. The van der Waals surface area contributed by atoms with Gasteiger partial charge in [0, 0.05) is 6.26 Å². The first-order valence-corrected chi connectivity index (χ1v) is 8.16. The molecule has 2 unspecified atom stereocenters. The summed E-state index contributed by atoms with van der Waals surface area (Å²) in [7, 11) is -3.23. The van der Waals surface area contributed by atoms with E-state index in [1.165, 1.54) is 0 Å². The molecule has 2 atom stereocenters. The molecule has 0 radical (unpaired) electrons. The van der Waals surface area contributed by atoms with Gasteiger partial charge in [-0.2, -0.15) is 4.98 Å². The van der Waals surface area contributed by atoms with Gasteiger partial charge < -0.3 is 9.63 Å². The molecule has 1 fully saturated rings. The van der Waals surface area contributed by atoms with E-state index in [2.05, 4.69) is 10.1 Å². The van der Waals surface area contributed by atoms with Gasteiger partial charge in [0.15, 0.2) is 15.7 Å². The fourth-order valence-corrected chi connectivity index (χ4v) is 3.02. The Morgan fingerprint density at radius 1 is 1.42 bits per heavy atom. The SMILES string of the molecule is CS(=O)(=O)Cc1noc(C2CCCCC2C(=O)O)n1. The number of carboxylic acid groups (broad SMARTS) is 1. The standard InChI is InChI=1S/C11H16N2O5S/c1-19(16,17)6-9-12-10(18-13-9)7-4-2-3-5-8(7)11(14)15/h7-8H,2-6H2,1H3,(H,14,15). The van der Waals surface area contributed by atoms with Gasteiger partial charge >= 0.3 is 5.97 Å². The Bertz CT molecular complexity index is 565. The van der Waals surface area contributed by atoms with Gasteiger partial charge in [-0.1, -0.05) is 18.0 Å². The third-order valence-corrected chi connectivity index (χ3v) is 4.06. The zero-order valence-corrected chi connectivity index (χ0v) is 11.4. The van der Waals surface area contributed by atoms with Crippen LogP contribution in [0.25, 0.3) is 0 Å². The molecule has 1 N–H and O–H groups in total. The Morgan fingerprint density at radius 3 is 2.74 bits per heavy atom. The van der Waals surface area contributed by atoms with Crippen molar-refractivity contribution in [2.24, 2.45) is 5.92 Å². The number of sulfone groups is 1. The number of aliphatic carboxylic acids is 1. The minimum absolute atomic E-state index is 0.0900. The van der Waals surface area contributed by atoms with E-state index in [0.29, 0.717) is 12.8 Å². The van der Waals surface area contributed by atoms with E-state index in [1.807, 2.05) is 0 Å². The van der Waals surface area contributed by atoms with E-state index >= 15 is 0 Å². The molecule has 0 saturated heterocycles. The van der Waals surface area contributed by atoms with E-state index in [1.54, 1.807) is 0 Å². The molecule has 0 amide bonds. The number of hydrogen-bond donors (Lipinski definition) is 1. The molecule has 8 heteroatoms. The van der Waals surface area contributed by atoms with Crippen LogP contribution in [0.3, 0.4) is 0 Å². The molecule has 1 aliphatic rings. The summed E-state index contributed by atoms with van der Waals surface area (Å²) in [5, 5.41) is 12.8. The second kappa shape index (κ2) is 5.28. The highest BCUT2D eigenvalue weighted by molar-refractivity contribution is 7.89. The second-order valence-electron chi connectivity index (χ2n) is 4.95. The first-order chi connectivity index (χ1) is 8.87. The van der Waals surface area contributed by atoms with Crippen LogP contribution in [0.15, 0.2) is 4.52 Å². The Morgan fingerprint density at radius 2 is 2.11 bits per heavy atom. The van der Waals surface area contributed by atoms with Gasteiger partial charge in [0.25, 0.3) is 0 Å². The second-order valence-corrected chi connectivity index (χ2v) is 7.09. The molecular weight excluding hydrogens is 272 g/mol. The zero-order chi connectivity index (χ0) is 14.0. The predicted octanol–water partition coefficient (Wildman–Crippen LogP) is 0.973. The summed E-state index contributed by atoms with van der Waals surface area (Å²) in [6, 6.07) is 0. The van der Waals surface area contributed by atoms with E-state index in [9.17, 15) is 18.3 Å². The van der Waals surface area contributed by atoms with E-state index in [-0.39, 0.29) is 23.4 Å². The van der Waals surface area contributed by atoms with Gasteiger partial charge in [0.05, 0.1) is 11.8 Å². The van der Waals surface area contributed by atoms with Gasteiger partial charge in [-0.25, -0.2) is 8.42 Å². The van der Waals surface area contributed by atoms with E-state index in [4.69, 9.17) is 4.52 Å². The third-order valence-electron chi connectivity index (χ3n) is 3.28. The van der Waals surface area contributed by atoms with Gasteiger partial charge in [-0.15, -0.1) is 0 Å². The highest BCUT2D eigenvalue weighted by Gasteiger charge is 2.35. The van der Waals surface area contributed by atoms with E-state index < -0.39 is 21.7 Å². The summed E-state index contributed by atoms with van der Waals surface area (Å²) in [6.07, 6.45) is 4.14. The lowest BCUT2D eigenvalue weighted by molar-refractivity contribution is -0.143. The molecule has 0 spiro atoms. The van der Waals surface area contributed by atoms with Crippen LogP contribution < -0.4 is 0 Å². The van der Waals surface area contributed by atoms with Crippen molar-refractivity contribution in [2.75, 3.05) is 6.26 Å². The molecule has 19 heavy (non-hydrogen) atoms. The van der Waals surface area contributed by atoms with Crippen molar-refractivity contribution in [3.05, 3.63) is 11.7 Å². The smallest absolute Gasteiger partial charge is 0.307 e. The Hall–Kier alpha value is -1.44. The molecule has 1 aliphatic carbocycles. The molecule has 0 aliphatic heterocycles. The van der Waals surface area contributed by atoms with Crippen LogP contribution in [-0.2, 0) is 20.4 Å². The number of aromatic nitrogens is 2. The molecule has 7 nitrogen and oxygen atoms in total. The summed E-state index contributed by atoms with van der Waals surface area (Å²) in [5.74, 6) is -1.67. The lowest BCUT2D eigenvalue weighted by Crippen LogP contribution is -2.25. The molecule has 106 valence electrons. The maximum atomic E-state index is 11.2. The van der Waals surface area contributed by atoms with Crippen LogP contribution >= 0.6 is 0 Å². The van der Waals surface area contributed by atoms with Crippen molar-refractivity contribution in [1.82, 2.24) is 10.1 Å². The number of carboxylic acids is 1. The monoisotopic (exact) mass is 288 g/mol. The Kier molecular flexibility index (Phi) is 3.88. The lowest BCUT2D eigenvalue weighted by Gasteiger charge is -2.25. The largest absolute Gasteiger partial charge is 0.481 e. The molecule has 1 saturated carbocycles. The average Bonchev–Trinajstić information content (AvgIpc) is 2.75. The Balaban J connectivity index is 2.18. The fraction of sp³-hybridized carbons (Fsp3) is 0.727. The van der Waals surface area contributed by atoms with Crippen molar-refractivity contribution in [3.8, 4) is 0 Å². The summed E-state index contributed by atoms with van der Waals surface area (Å²) in [4.78, 5) is 15.2. The quantitative estimate of drug-likeness (QED) is 0.878. The molecule has 1 aromatic rings. The number of rotatable bonds is 4. The summed E-state index contributed by atoms with van der Waals surface area (Å²) < 4.78 is 27.3. The van der Waals surface area contributed by atoms with Crippen molar-refractivity contribution >= 4 is 15.8 Å². The normalized spacial score (nSPS) is 24.3. The molecule has 0 bridgehead atoms. The number of carbonyl (C=O) groups is 1. The highest BCUT2D eigenvalue weighted by atomic mass is 32.2. The highest BCUT2D eigenvalue weighted by Crippen LogP contribution is 2.37. The summed E-state index contributed by atoms with van der Waals surface area (Å²) >= 11 is 0. The first kappa shape index (κ1) is 14.0. The molecule has 0 aromatic carbocycles. The van der Waals surface area contributed by atoms with Crippen LogP contribution in [0, 0.1) is 5.92 Å². The maximum absolute atomic E-state index is 11.2. The Labute approximate surface area is 110 Å². The van der Waals surface area contributed by atoms with Gasteiger partial charge in [-0.3, -0.25) is 4.79 Å². The minimum Gasteiger partial charge on any atom is -0.481 e. The topological polar surface area (TPSA) is 110 Å². The number of hydrogen-bond acceptors (Lipinski definition) is 6. The first-order valence-electron chi connectivity index (χ1n) is 6.10. The van der Waals surface area contributed by atoms with E-state index in [0.717, 1.165) is 19.1 Å².